The summed E-state index contributed by atoms with van der Waals surface area (Å²) in [5, 5.41) is 2.57. The molecule has 1 aliphatic heterocycles. The van der Waals surface area contributed by atoms with Gasteiger partial charge in [0.15, 0.2) is 11.0 Å². The van der Waals surface area contributed by atoms with Crippen LogP contribution in [-0.2, 0) is 14.3 Å². The van der Waals surface area contributed by atoms with Crippen LogP contribution >= 0.6 is 12.2 Å². The maximum atomic E-state index is 13.0. The van der Waals surface area contributed by atoms with Gasteiger partial charge in [0.2, 0.25) is 5.91 Å². The Bertz CT molecular complexity index is 1030. The van der Waals surface area contributed by atoms with Gasteiger partial charge in [0, 0.05) is 6.21 Å². The number of carbonyl (C=O) groups is 3. The van der Waals surface area contributed by atoms with Crippen molar-refractivity contribution in [3.8, 4) is 0 Å². The number of benzene rings is 2. The van der Waals surface area contributed by atoms with E-state index in [0.717, 1.165) is 11.1 Å². The summed E-state index contributed by atoms with van der Waals surface area (Å²) >= 11 is 5.18. The van der Waals surface area contributed by atoms with Crippen molar-refractivity contribution in [3.63, 3.8) is 0 Å². The van der Waals surface area contributed by atoms with Crippen molar-refractivity contribution >= 4 is 52.7 Å². The molecule has 0 saturated carbocycles. The standard InChI is InChI=1S/C21H19N3O4S/c1-12-4-8-15(9-5-12)24-19(26)16(18(25)23-21(24)29)11-22-17-10-14(20(27)28-3)7-6-13(17)2/h4-11,16H,1-3H3,(H,23,25,29)/t16-/m1/s1. The van der Waals surface area contributed by atoms with Crippen molar-refractivity contribution < 1.29 is 19.1 Å². The van der Waals surface area contributed by atoms with Crippen LogP contribution in [0.5, 0.6) is 0 Å². The third kappa shape index (κ3) is 4.22. The first-order valence-electron chi connectivity index (χ1n) is 8.80. The first-order valence-corrected chi connectivity index (χ1v) is 9.21. The highest BCUT2D eigenvalue weighted by molar-refractivity contribution is 7.80. The van der Waals surface area contributed by atoms with Gasteiger partial charge in [-0.05, 0) is 55.9 Å². The number of methoxy groups -OCH3 is 1. The lowest BCUT2D eigenvalue weighted by molar-refractivity contribution is -0.130. The van der Waals surface area contributed by atoms with Crippen molar-refractivity contribution in [2.24, 2.45) is 10.9 Å². The monoisotopic (exact) mass is 409 g/mol. The minimum atomic E-state index is -1.15. The molecule has 3 rings (SSSR count). The number of carbonyl (C=O) groups excluding carboxylic acids is 3. The summed E-state index contributed by atoms with van der Waals surface area (Å²) in [5.41, 5.74) is 3.17. The molecule has 1 saturated heterocycles. The highest BCUT2D eigenvalue weighted by atomic mass is 32.1. The molecular weight excluding hydrogens is 390 g/mol. The van der Waals surface area contributed by atoms with E-state index in [0.29, 0.717) is 16.9 Å². The maximum absolute atomic E-state index is 13.0. The van der Waals surface area contributed by atoms with Crippen LogP contribution in [-0.4, -0.2) is 36.2 Å². The van der Waals surface area contributed by atoms with Gasteiger partial charge in [0.1, 0.15) is 0 Å². The zero-order valence-electron chi connectivity index (χ0n) is 16.1. The van der Waals surface area contributed by atoms with E-state index in [-0.39, 0.29) is 5.11 Å². The van der Waals surface area contributed by atoms with Crippen LogP contribution in [0.4, 0.5) is 11.4 Å². The Labute approximate surface area is 173 Å². The van der Waals surface area contributed by atoms with Crippen molar-refractivity contribution in [1.82, 2.24) is 5.32 Å². The number of thiocarbonyl (C=S) groups is 1. The largest absolute Gasteiger partial charge is 0.465 e. The molecule has 8 heteroatoms. The molecule has 0 aromatic heterocycles. The molecular formula is C21H19N3O4S. The Hall–Kier alpha value is -3.39. The summed E-state index contributed by atoms with van der Waals surface area (Å²) < 4.78 is 4.71. The fraction of sp³-hybridized carbons (Fsp3) is 0.190. The number of ether oxygens (including phenoxy) is 1. The third-order valence-corrected chi connectivity index (χ3v) is 4.77. The summed E-state index contributed by atoms with van der Waals surface area (Å²) in [6.45, 7) is 3.74. The summed E-state index contributed by atoms with van der Waals surface area (Å²) in [6, 6.07) is 12.1. The molecule has 2 amide bonds. The van der Waals surface area contributed by atoms with Crippen LogP contribution in [0.15, 0.2) is 47.5 Å². The van der Waals surface area contributed by atoms with Crippen LogP contribution in [0, 0.1) is 19.8 Å². The minimum Gasteiger partial charge on any atom is -0.465 e. The second-order valence-corrected chi connectivity index (χ2v) is 6.94. The number of nitrogens with one attached hydrogen (secondary N) is 1. The molecule has 0 spiro atoms. The van der Waals surface area contributed by atoms with Crippen molar-refractivity contribution in [2.75, 3.05) is 12.0 Å². The fourth-order valence-electron chi connectivity index (χ4n) is 2.81. The van der Waals surface area contributed by atoms with E-state index in [1.165, 1.54) is 18.2 Å². The number of hydrogen-bond acceptors (Lipinski definition) is 6. The highest BCUT2D eigenvalue weighted by Gasteiger charge is 2.38. The number of rotatable bonds is 4. The molecule has 1 heterocycles. The van der Waals surface area contributed by atoms with Gasteiger partial charge in [-0.2, -0.15) is 0 Å². The summed E-state index contributed by atoms with van der Waals surface area (Å²) in [6.07, 6.45) is 1.27. The van der Waals surface area contributed by atoms with E-state index < -0.39 is 23.7 Å². The van der Waals surface area contributed by atoms with E-state index in [4.69, 9.17) is 17.0 Å². The molecule has 1 N–H and O–H groups in total. The minimum absolute atomic E-state index is 0.0253. The third-order valence-electron chi connectivity index (χ3n) is 4.49. The molecule has 29 heavy (non-hydrogen) atoms. The van der Waals surface area contributed by atoms with Gasteiger partial charge in [-0.15, -0.1) is 0 Å². The number of nitrogens with zero attached hydrogens (tertiary/aromatic N) is 2. The molecule has 0 unspecified atom stereocenters. The fourth-order valence-corrected chi connectivity index (χ4v) is 3.10. The average molecular weight is 409 g/mol. The second-order valence-electron chi connectivity index (χ2n) is 6.55. The Morgan fingerprint density at radius 2 is 1.86 bits per heavy atom. The summed E-state index contributed by atoms with van der Waals surface area (Å²) in [5.74, 6) is -2.69. The molecule has 1 aliphatic rings. The maximum Gasteiger partial charge on any atom is 0.337 e. The van der Waals surface area contributed by atoms with Crippen molar-refractivity contribution in [2.45, 2.75) is 13.8 Å². The Balaban J connectivity index is 1.91. The predicted molar refractivity (Wildman–Crippen MR) is 114 cm³/mol. The Kier molecular flexibility index (Phi) is 5.84. The zero-order valence-corrected chi connectivity index (χ0v) is 16.9. The molecule has 0 bridgehead atoms. The van der Waals surface area contributed by atoms with E-state index in [1.54, 1.807) is 30.3 Å². The molecule has 1 fully saturated rings. The first kappa shape index (κ1) is 20.3. The number of anilines is 1. The van der Waals surface area contributed by atoms with Gasteiger partial charge in [0.25, 0.3) is 5.91 Å². The van der Waals surface area contributed by atoms with Gasteiger partial charge >= 0.3 is 5.97 Å². The molecule has 1 atom stereocenters. The molecule has 2 aromatic rings. The highest BCUT2D eigenvalue weighted by Crippen LogP contribution is 2.23. The zero-order chi connectivity index (χ0) is 21.1. The van der Waals surface area contributed by atoms with Gasteiger partial charge < -0.3 is 10.1 Å². The van der Waals surface area contributed by atoms with Crippen LogP contribution in [0.3, 0.4) is 0 Å². The summed E-state index contributed by atoms with van der Waals surface area (Å²) in [4.78, 5) is 42.6. The van der Waals surface area contributed by atoms with Crippen LogP contribution in [0.1, 0.15) is 21.5 Å². The molecule has 0 radical (unpaired) electrons. The molecule has 2 aromatic carbocycles. The Morgan fingerprint density at radius 1 is 1.17 bits per heavy atom. The quantitative estimate of drug-likeness (QED) is 0.363. The average Bonchev–Trinajstić information content (AvgIpc) is 2.69. The number of esters is 1. The van der Waals surface area contributed by atoms with Crippen LogP contribution in [0.2, 0.25) is 0 Å². The van der Waals surface area contributed by atoms with E-state index in [9.17, 15) is 14.4 Å². The number of hydrogen-bond donors (Lipinski definition) is 1. The topological polar surface area (TPSA) is 88.1 Å². The molecule has 7 nitrogen and oxygen atoms in total. The van der Waals surface area contributed by atoms with Crippen molar-refractivity contribution in [1.29, 1.82) is 0 Å². The van der Waals surface area contributed by atoms with Crippen LogP contribution < -0.4 is 10.2 Å². The lowest BCUT2D eigenvalue weighted by Gasteiger charge is -2.31. The second kappa shape index (κ2) is 8.32. The Morgan fingerprint density at radius 3 is 2.52 bits per heavy atom. The lowest BCUT2D eigenvalue weighted by Crippen LogP contribution is -2.58. The van der Waals surface area contributed by atoms with Gasteiger partial charge in [0.05, 0.1) is 24.0 Å². The van der Waals surface area contributed by atoms with E-state index in [2.05, 4.69) is 10.3 Å². The predicted octanol–water partition coefficient (Wildman–Crippen LogP) is 2.86. The van der Waals surface area contributed by atoms with Gasteiger partial charge in [-0.1, -0.05) is 23.8 Å². The molecule has 0 aliphatic carbocycles. The van der Waals surface area contributed by atoms with Gasteiger partial charge in [-0.3, -0.25) is 19.5 Å². The SMILES string of the molecule is COC(=O)c1ccc(C)c(N=C[C@@H]2C(=O)NC(=S)N(c3ccc(C)cc3)C2=O)c1. The van der Waals surface area contributed by atoms with Crippen LogP contribution in [0.25, 0.3) is 0 Å². The van der Waals surface area contributed by atoms with E-state index >= 15 is 0 Å². The number of aliphatic imine (C=N–C) groups is 1. The smallest absolute Gasteiger partial charge is 0.337 e. The lowest BCUT2D eigenvalue weighted by atomic mass is 10.1. The van der Waals surface area contributed by atoms with Gasteiger partial charge in [-0.25, -0.2) is 4.79 Å². The van der Waals surface area contributed by atoms with E-state index in [1.807, 2.05) is 26.0 Å². The van der Waals surface area contributed by atoms with Crippen molar-refractivity contribution in [3.05, 3.63) is 59.2 Å². The summed E-state index contributed by atoms with van der Waals surface area (Å²) in [7, 11) is 1.29. The normalized spacial score (nSPS) is 16.9. The first-order chi connectivity index (χ1) is 13.8. The molecule has 148 valence electrons. The number of amides is 2. The number of aryl methyl sites for hydroxylation is 2.